The van der Waals surface area contributed by atoms with Gasteiger partial charge in [-0.3, -0.25) is 4.57 Å². The third-order valence-electron chi connectivity index (χ3n) is 1.02. The lowest BCUT2D eigenvalue weighted by atomic mass is 10.5. The van der Waals surface area contributed by atoms with Crippen molar-refractivity contribution in [1.82, 2.24) is 0 Å². The molecule has 0 aliphatic carbocycles. The molecule has 11 heavy (non-hydrogen) atoms. The van der Waals surface area contributed by atoms with Gasteiger partial charge in [-0.15, -0.1) is 0 Å². The van der Waals surface area contributed by atoms with E-state index in [1.165, 1.54) is 18.4 Å². The molecule has 0 bridgehead atoms. The molecular weight excluding hydrogens is 167 g/mol. The third-order valence-corrected chi connectivity index (χ3v) is 1.84. The highest BCUT2D eigenvalue weighted by Crippen LogP contribution is 2.45. The Balaban J connectivity index is 2.90. The summed E-state index contributed by atoms with van der Waals surface area (Å²) in [5.74, 6) is 0. The lowest BCUT2D eigenvalue weighted by Crippen LogP contribution is -1.86. The van der Waals surface area contributed by atoms with E-state index in [0.29, 0.717) is 0 Å². The van der Waals surface area contributed by atoms with Crippen molar-refractivity contribution in [3.05, 3.63) is 36.1 Å². The summed E-state index contributed by atoms with van der Waals surface area (Å²) in [6, 6.07) is 0. The van der Waals surface area contributed by atoms with Crippen LogP contribution in [0.3, 0.4) is 0 Å². The second-order valence-corrected chi connectivity index (χ2v) is 3.41. The van der Waals surface area contributed by atoms with E-state index in [9.17, 15) is 4.57 Å². The fourth-order valence-electron chi connectivity index (χ4n) is 0.561. The topological polar surface area (TPSA) is 66.8 Å². The fraction of sp³-hybridized carbons (Fsp3) is 0. The summed E-state index contributed by atoms with van der Waals surface area (Å²) in [5.41, 5.74) is -0.331. The summed E-state index contributed by atoms with van der Waals surface area (Å²) >= 11 is 0. The van der Waals surface area contributed by atoms with E-state index in [1.807, 2.05) is 0 Å². The first-order valence-electron chi connectivity index (χ1n) is 2.87. The maximum atomic E-state index is 10.6. The van der Waals surface area contributed by atoms with Gasteiger partial charge in [0.25, 0.3) is 0 Å². The quantitative estimate of drug-likeness (QED) is 0.584. The lowest BCUT2D eigenvalue weighted by molar-refractivity contribution is 0.316. The summed E-state index contributed by atoms with van der Waals surface area (Å²) in [6.07, 6.45) is 7.11. The largest absolute Gasteiger partial charge is 0.456 e. The zero-order chi connectivity index (χ0) is 8.32. The highest BCUT2D eigenvalue weighted by molar-refractivity contribution is 7.56. The zero-order valence-electron chi connectivity index (χ0n) is 5.54. The summed E-state index contributed by atoms with van der Waals surface area (Å²) in [4.78, 5) is 17.2. The first kappa shape index (κ1) is 8.27. The number of allylic oxidation sites excluding steroid dienone is 4. The van der Waals surface area contributed by atoms with Crippen LogP contribution < -0.4 is 0 Å². The van der Waals surface area contributed by atoms with Crippen molar-refractivity contribution >= 4 is 7.60 Å². The molecule has 0 unspecified atom stereocenters. The number of hydrogen-bond donors (Lipinski definition) is 2. The van der Waals surface area contributed by atoms with Gasteiger partial charge in [0.15, 0.2) is 0 Å². The van der Waals surface area contributed by atoms with E-state index < -0.39 is 7.60 Å². The van der Waals surface area contributed by atoms with Gasteiger partial charge in [0.2, 0.25) is 5.50 Å². The number of hydrogen-bond acceptors (Lipinski definition) is 2. The molecule has 0 radical (unpaired) electrons. The van der Waals surface area contributed by atoms with Crippen molar-refractivity contribution in [3.63, 3.8) is 0 Å². The summed E-state index contributed by atoms with van der Waals surface area (Å²) < 4.78 is 15.2. The summed E-state index contributed by atoms with van der Waals surface area (Å²) in [5, 5.41) is 0. The van der Waals surface area contributed by atoms with Gasteiger partial charge in [-0.2, -0.15) is 0 Å². The van der Waals surface area contributed by atoms with Crippen LogP contribution in [-0.2, 0) is 9.30 Å². The minimum Gasteiger partial charge on any atom is -0.456 e. The van der Waals surface area contributed by atoms with Gasteiger partial charge in [0.1, 0.15) is 0 Å². The molecule has 0 fully saturated rings. The first-order valence-corrected chi connectivity index (χ1v) is 4.48. The smallest absolute Gasteiger partial charge is 0.391 e. The van der Waals surface area contributed by atoms with Crippen LogP contribution in [0, 0.1) is 0 Å². The highest BCUT2D eigenvalue weighted by Gasteiger charge is 2.21. The van der Waals surface area contributed by atoms with Crippen molar-refractivity contribution < 1.29 is 19.1 Å². The predicted molar refractivity (Wildman–Crippen MR) is 39.5 cm³/mol. The van der Waals surface area contributed by atoms with Gasteiger partial charge >= 0.3 is 7.60 Å². The minimum atomic E-state index is -4.23. The van der Waals surface area contributed by atoms with Gasteiger partial charge in [-0.05, 0) is 12.2 Å². The molecular formula is C6H7O4P. The van der Waals surface area contributed by atoms with Crippen molar-refractivity contribution in [2.24, 2.45) is 0 Å². The third kappa shape index (κ3) is 2.35. The first-order chi connectivity index (χ1) is 5.11. The van der Waals surface area contributed by atoms with Crippen LogP contribution >= 0.6 is 7.60 Å². The van der Waals surface area contributed by atoms with Crippen LogP contribution in [0.25, 0.3) is 0 Å². The van der Waals surface area contributed by atoms with Gasteiger partial charge in [-0.25, -0.2) is 0 Å². The molecule has 1 aliphatic rings. The molecule has 5 heteroatoms. The monoisotopic (exact) mass is 174 g/mol. The zero-order valence-corrected chi connectivity index (χ0v) is 6.44. The van der Waals surface area contributed by atoms with Gasteiger partial charge < -0.3 is 14.5 Å². The lowest BCUT2D eigenvalue weighted by Gasteiger charge is -2.05. The van der Waals surface area contributed by atoms with E-state index in [2.05, 4.69) is 4.74 Å². The van der Waals surface area contributed by atoms with Crippen molar-refractivity contribution in [3.8, 4) is 0 Å². The van der Waals surface area contributed by atoms with Crippen LogP contribution in [0.1, 0.15) is 0 Å². The van der Waals surface area contributed by atoms with E-state index in [0.717, 1.165) is 0 Å². The normalized spacial score (nSPS) is 17.1. The average molecular weight is 174 g/mol. The molecule has 0 aromatic rings. The molecule has 0 saturated heterocycles. The van der Waals surface area contributed by atoms with Crippen LogP contribution in [0.2, 0.25) is 0 Å². The molecule has 0 aromatic heterocycles. The standard InChI is InChI=1S/C6H7O4P/c7-11(8,9)6-4-2-1-3-5-10-6/h1-5H,(H2,7,8,9). The molecule has 0 aromatic carbocycles. The van der Waals surface area contributed by atoms with Crippen molar-refractivity contribution in [1.29, 1.82) is 0 Å². The maximum Gasteiger partial charge on any atom is 0.391 e. The maximum absolute atomic E-state index is 10.6. The predicted octanol–water partition coefficient (Wildman–Crippen LogP) is 1.11. The van der Waals surface area contributed by atoms with Crippen LogP contribution in [0.4, 0.5) is 0 Å². The van der Waals surface area contributed by atoms with Crippen LogP contribution in [-0.4, -0.2) is 9.79 Å². The number of ether oxygens (including phenoxy) is 1. The Morgan fingerprint density at radius 1 is 1.27 bits per heavy atom. The molecule has 0 atom stereocenters. The van der Waals surface area contributed by atoms with Gasteiger partial charge in [0, 0.05) is 0 Å². The van der Waals surface area contributed by atoms with E-state index in [-0.39, 0.29) is 5.50 Å². The van der Waals surface area contributed by atoms with E-state index in [4.69, 9.17) is 9.79 Å². The van der Waals surface area contributed by atoms with Crippen LogP contribution in [0.15, 0.2) is 36.1 Å². The summed E-state index contributed by atoms with van der Waals surface area (Å²) in [6.45, 7) is 0. The van der Waals surface area contributed by atoms with Gasteiger partial charge in [0.05, 0.1) is 6.26 Å². The molecule has 60 valence electrons. The van der Waals surface area contributed by atoms with Crippen molar-refractivity contribution in [2.75, 3.05) is 0 Å². The van der Waals surface area contributed by atoms with Gasteiger partial charge in [-0.1, -0.05) is 12.2 Å². The Bertz CT molecular complexity index is 270. The summed E-state index contributed by atoms with van der Waals surface area (Å²) in [7, 11) is -4.23. The molecule has 4 nitrogen and oxygen atoms in total. The SMILES string of the molecule is O=P(O)(O)C1=CC=CC=CO1. The highest BCUT2D eigenvalue weighted by atomic mass is 31.2. The molecule has 2 N–H and O–H groups in total. The van der Waals surface area contributed by atoms with Crippen molar-refractivity contribution in [2.45, 2.75) is 0 Å². The Morgan fingerprint density at radius 3 is 2.64 bits per heavy atom. The molecule has 0 spiro atoms. The molecule has 1 rings (SSSR count). The molecule has 1 aliphatic heterocycles. The second-order valence-electron chi connectivity index (χ2n) is 1.88. The molecule has 1 heterocycles. The fourth-order valence-corrected chi connectivity index (χ4v) is 1.04. The van der Waals surface area contributed by atoms with E-state index >= 15 is 0 Å². The Kier molecular flexibility index (Phi) is 2.29. The van der Waals surface area contributed by atoms with E-state index in [1.54, 1.807) is 12.2 Å². The molecule has 0 saturated carbocycles. The average Bonchev–Trinajstić information content (AvgIpc) is 2.10. The second kappa shape index (κ2) is 3.05. The minimum absolute atomic E-state index is 0.331. The Morgan fingerprint density at radius 2 is 2.00 bits per heavy atom. The Labute approximate surface area is 63.7 Å². The van der Waals surface area contributed by atoms with Crippen LogP contribution in [0.5, 0.6) is 0 Å². The Hall–Kier alpha value is -0.830. The number of rotatable bonds is 1. The molecule has 0 amide bonds.